The molecule has 0 spiro atoms. The Bertz CT molecular complexity index is 523. The van der Waals surface area contributed by atoms with Crippen LogP contribution in [0.4, 0.5) is 0 Å². The molecule has 0 radical (unpaired) electrons. The van der Waals surface area contributed by atoms with Gasteiger partial charge in [-0.15, -0.1) is 0 Å². The van der Waals surface area contributed by atoms with E-state index < -0.39 is 44.8 Å². The van der Waals surface area contributed by atoms with Gasteiger partial charge in [0.1, 0.15) is 10.8 Å². The number of carbonyl (C=O) groups excluding carboxylic acids is 2. The maximum Gasteiger partial charge on any atom is 0.324 e. The lowest BCUT2D eigenvalue weighted by atomic mass is 9.59. The fourth-order valence-corrected chi connectivity index (χ4v) is 6.75. The van der Waals surface area contributed by atoms with Gasteiger partial charge in [-0.05, 0) is 12.8 Å². The van der Waals surface area contributed by atoms with E-state index in [9.17, 15) is 18.0 Å². The van der Waals surface area contributed by atoms with E-state index in [2.05, 4.69) is 0 Å². The van der Waals surface area contributed by atoms with Crippen LogP contribution >= 0.6 is 0 Å². The van der Waals surface area contributed by atoms with Crippen molar-refractivity contribution in [2.45, 2.75) is 25.0 Å². The molecule has 7 heteroatoms. The molecule has 2 bridgehead atoms. The van der Waals surface area contributed by atoms with Crippen LogP contribution in [-0.2, 0) is 28.9 Å². The highest BCUT2D eigenvalue weighted by Gasteiger charge is 2.85. The molecule has 4 atom stereocenters. The Morgan fingerprint density at radius 2 is 1.47 bits per heavy atom. The van der Waals surface area contributed by atoms with E-state index in [4.69, 9.17) is 9.47 Å². The summed E-state index contributed by atoms with van der Waals surface area (Å²) in [5, 5.41) is 0. The van der Waals surface area contributed by atoms with Crippen LogP contribution in [0.3, 0.4) is 0 Å². The predicted molar refractivity (Wildman–Crippen MR) is 52.5 cm³/mol. The number of hydrogen-bond acceptors (Lipinski definition) is 6. The summed E-state index contributed by atoms with van der Waals surface area (Å²) in [5.74, 6) is -2.00. The van der Waals surface area contributed by atoms with E-state index in [0.29, 0.717) is 12.8 Å². The van der Waals surface area contributed by atoms with Crippen LogP contribution in [0.25, 0.3) is 0 Å². The zero-order valence-corrected chi connectivity index (χ0v) is 9.66. The monoisotopic (exact) mass is 258 g/mol. The third-order valence-electron chi connectivity index (χ3n) is 4.72. The minimum atomic E-state index is -3.38. The third kappa shape index (κ3) is 0.787. The molecule has 0 aromatic carbocycles. The van der Waals surface area contributed by atoms with Gasteiger partial charge in [0.15, 0.2) is 9.84 Å². The molecule has 17 heavy (non-hydrogen) atoms. The van der Waals surface area contributed by atoms with Crippen molar-refractivity contribution >= 4 is 21.8 Å². The van der Waals surface area contributed by atoms with Gasteiger partial charge in [-0.2, -0.15) is 0 Å². The van der Waals surface area contributed by atoms with Crippen molar-refractivity contribution in [1.29, 1.82) is 0 Å². The standard InChI is InChI=1S/C10H10O6S/c11-7-9-3-17(13,14)4-10(9,8(12)16-7)6-2-1-5(9)15-6/h5-6H,1-4H2. The van der Waals surface area contributed by atoms with Crippen LogP contribution in [0.1, 0.15) is 12.8 Å². The number of rotatable bonds is 0. The highest BCUT2D eigenvalue weighted by atomic mass is 32.2. The lowest BCUT2D eigenvalue weighted by Gasteiger charge is -2.32. The molecule has 0 aliphatic carbocycles. The number of carbonyl (C=O) groups is 2. The van der Waals surface area contributed by atoms with Gasteiger partial charge in [-0.3, -0.25) is 9.59 Å². The number of ether oxygens (including phenoxy) is 2. The quantitative estimate of drug-likeness (QED) is 0.410. The number of hydrogen-bond donors (Lipinski definition) is 0. The number of sulfone groups is 1. The maximum atomic E-state index is 12.0. The molecule has 92 valence electrons. The van der Waals surface area contributed by atoms with E-state index >= 15 is 0 Å². The van der Waals surface area contributed by atoms with Gasteiger partial charge < -0.3 is 9.47 Å². The SMILES string of the molecule is O=C1OC(=O)C23CS(=O)(=O)CC12C1CCC3O1. The summed E-state index contributed by atoms with van der Waals surface area (Å²) in [5.41, 5.74) is -2.49. The Labute approximate surface area is 97.2 Å². The Morgan fingerprint density at radius 1 is 1.00 bits per heavy atom. The summed E-state index contributed by atoms with van der Waals surface area (Å²) in [7, 11) is -3.38. The van der Waals surface area contributed by atoms with Crippen molar-refractivity contribution in [1.82, 2.24) is 0 Å². The van der Waals surface area contributed by atoms with Crippen LogP contribution in [0.5, 0.6) is 0 Å². The van der Waals surface area contributed by atoms with Crippen molar-refractivity contribution in [3.63, 3.8) is 0 Å². The Morgan fingerprint density at radius 3 is 1.94 bits per heavy atom. The minimum absolute atomic E-state index is 0.300. The highest BCUT2D eigenvalue weighted by Crippen LogP contribution is 2.67. The van der Waals surface area contributed by atoms with Crippen LogP contribution in [0.2, 0.25) is 0 Å². The maximum absolute atomic E-state index is 12.0. The summed E-state index contributed by atoms with van der Waals surface area (Å²) in [6.45, 7) is 0. The van der Waals surface area contributed by atoms with Gasteiger partial charge in [-0.25, -0.2) is 8.42 Å². The Hall–Kier alpha value is -0.950. The summed E-state index contributed by atoms with van der Waals surface area (Å²) >= 11 is 0. The van der Waals surface area contributed by atoms with E-state index in [-0.39, 0.29) is 11.5 Å². The van der Waals surface area contributed by atoms with Crippen LogP contribution in [0, 0.1) is 10.8 Å². The number of fused-ring (bicyclic) bond motifs is 2. The highest BCUT2D eigenvalue weighted by molar-refractivity contribution is 7.91. The first-order valence-electron chi connectivity index (χ1n) is 5.55. The van der Waals surface area contributed by atoms with Crippen LogP contribution in [-0.4, -0.2) is 44.1 Å². The molecule has 4 fully saturated rings. The summed E-state index contributed by atoms with van der Waals surface area (Å²) in [4.78, 5) is 23.9. The van der Waals surface area contributed by atoms with Crippen molar-refractivity contribution < 1.29 is 27.5 Å². The largest absolute Gasteiger partial charge is 0.392 e. The fraction of sp³-hybridized carbons (Fsp3) is 0.800. The predicted octanol–water partition coefficient (Wildman–Crippen LogP) is -0.968. The molecule has 4 saturated heterocycles. The molecule has 0 aromatic rings. The zero-order chi connectivity index (χ0) is 12.1. The first-order valence-corrected chi connectivity index (χ1v) is 7.37. The molecule has 0 aromatic heterocycles. The smallest absolute Gasteiger partial charge is 0.324 e. The van der Waals surface area contributed by atoms with Gasteiger partial charge in [-0.1, -0.05) is 0 Å². The van der Waals surface area contributed by atoms with Crippen LogP contribution < -0.4 is 0 Å². The van der Waals surface area contributed by atoms with E-state index in [1.54, 1.807) is 0 Å². The van der Waals surface area contributed by atoms with Crippen molar-refractivity contribution in [2.75, 3.05) is 11.5 Å². The molecule has 4 unspecified atom stereocenters. The molecule has 0 amide bonds. The second-order valence-electron chi connectivity index (χ2n) is 5.34. The average Bonchev–Trinajstić information content (AvgIpc) is 2.86. The lowest BCUT2D eigenvalue weighted by Crippen LogP contribution is -2.51. The van der Waals surface area contributed by atoms with E-state index in [1.807, 2.05) is 0 Å². The van der Waals surface area contributed by atoms with Crippen molar-refractivity contribution in [3.8, 4) is 0 Å². The van der Waals surface area contributed by atoms with E-state index in [1.165, 1.54) is 0 Å². The molecule has 4 heterocycles. The van der Waals surface area contributed by atoms with Gasteiger partial charge in [0.05, 0.1) is 23.7 Å². The summed E-state index contributed by atoms with van der Waals surface area (Å²) < 4.78 is 34.0. The van der Waals surface area contributed by atoms with Gasteiger partial charge in [0.25, 0.3) is 0 Å². The normalized spacial score (nSPS) is 53.6. The summed E-state index contributed by atoms with van der Waals surface area (Å²) in [6.07, 6.45) is 0.321. The van der Waals surface area contributed by atoms with Gasteiger partial charge in [0, 0.05) is 0 Å². The van der Waals surface area contributed by atoms with Gasteiger partial charge in [0.2, 0.25) is 0 Å². The first-order chi connectivity index (χ1) is 7.92. The molecule has 4 aliphatic heterocycles. The molecule has 4 aliphatic rings. The van der Waals surface area contributed by atoms with E-state index in [0.717, 1.165) is 0 Å². The molecule has 0 N–H and O–H groups in total. The summed E-state index contributed by atoms with van der Waals surface area (Å²) in [6, 6.07) is 0. The average molecular weight is 258 g/mol. The fourth-order valence-electron chi connectivity index (χ4n) is 4.14. The minimum Gasteiger partial charge on any atom is -0.392 e. The Kier molecular flexibility index (Phi) is 1.43. The van der Waals surface area contributed by atoms with Crippen LogP contribution in [0.15, 0.2) is 0 Å². The van der Waals surface area contributed by atoms with Gasteiger partial charge >= 0.3 is 11.9 Å². The first kappa shape index (κ1) is 10.0. The molecule has 6 nitrogen and oxygen atoms in total. The molecular weight excluding hydrogens is 248 g/mol. The third-order valence-corrected chi connectivity index (χ3v) is 6.51. The second-order valence-corrected chi connectivity index (χ2v) is 7.41. The zero-order valence-electron chi connectivity index (χ0n) is 8.84. The molecule has 4 rings (SSSR count). The number of esters is 2. The lowest BCUT2D eigenvalue weighted by molar-refractivity contribution is -0.159. The topological polar surface area (TPSA) is 86.7 Å². The Balaban J connectivity index is 2.05. The van der Waals surface area contributed by atoms with Crippen molar-refractivity contribution in [3.05, 3.63) is 0 Å². The molecular formula is C10H10O6S. The number of cyclic esters (lactones) is 2. The second kappa shape index (κ2) is 2.42. The molecule has 0 saturated carbocycles. The van der Waals surface area contributed by atoms with Crippen molar-refractivity contribution in [2.24, 2.45) is 10.8 Å².